The number of aromatic nitrogens is 2. The predicted molar refractivity (Wildman–Crippen MR) is 125 cm³/mol. The Bertz CT molecular complexity index is 1300. The molecule has 34 heavy (non-hydrogen) atoms. The predicted octanol–water partition coefficient (Wildman–Crippen LogP) is 4.28. The fourth-order valence-electron chi connectivity index (χ4n) is 5.67. The van der Waals surface area contributed by atoms with Gasteiger partial charge in [-0.05, 0) is 79.6 Å². The average Bonchev–Trinajstić information content (AvgIpc) is 3.31. The lowest BCUT2D eigenvalue weighted by molar-refractivity contribution is -0.117. The molecule has 2 atom stereocenters. The van der Waals surface area contributed by atoms with Crippen LogP contribution >= 0.6 is 0 Å². The first-order valence-corrected chi connectivity index (χ1v) is 11.5. The molecule has 3 aromatic rings. The average molecular weight is 464 g/mol. The number of aryl methyl sites for hydroxylation is 1. The summed E-state index contributed by atoms with van der Waals surface area (Å²) in [6, 6.07) is 11.0. The first-order chi connectivity index (χ1) is 16.2. The Labute approximate surface area is 196 Å². The molecular weight excluding hydrogens is 436 g/mol. The number of primary amides is 1. The fourth-order valence-corrected chi connectivity index (χ4v) is 5.67. The number of carbonyl (C=O) groups is 1. The Kier molecular flexibility index (Phi) is 5.40. The summed E-state index contributed by atoms with van der Waals surface area (Å²) >= 11 is 0. The maximum atomic E-state index is 14.4. The van der Waals surface area contributed by atoms with Gasteiger partial charge in [0.2, 0.25) is 5.91 Å². The Hall–Kier alpha value is -3.32. The van der Waals surface area contributed by atoms with E-state index in [1.807, 2.05) is 10.9 Å². The van der Waals surface area contributed by atoms with E-state index in [1.165, 1.54) is 18.2 Å². The van der Waals surface area contributed by atoms with Crippen LogP contribution in [0.15, 0.2) is 54.2 Å². The van der Waals surface area contributed by atoms with Crippen molar-refractivity contribution in [3.05, 3.63) is 88.3 Å². The number of fused-ring (bicyclic) bond motifs is 2. The largest absolute Gasteiger partial charge is 0.389 e. The van der Waals surface area contributed by atoms with Gasteiger partial charge in [-0.1, -0.05) is 24.6 Å². The minimum Gasteiger partial charge on any atom is -0.389 e. The third-order valence-corrected chi connectivity index (χ3v) is 7.73. The van der Waals surface area contributed by atoms with Gasteiger partial charge in [-0.3, -0.25) is 4.79 Å². The van der Waals surface area contributed by atoms with Crippen molar-refractivity contribution in [1.29, 1.82) is 0 Å². The molecule has 1 saturated carbocycles. The third kappa shape index (κ3) is 3.64. The lowest BCUT2D eigenvalue weighted by Crippen LogP contribution is -2.45. The second-order valence-corrected chi connectivity index (χ2v) is 9.67. The van der Waals surface area contributed by atoms with Gasteiger partial charge in [-0.25, -0.2) is 13.5 Å². The number of nitrogens with zero attached hydrogens (tertiary/aromatic N) is 2. The van der Waals surface area contributed by atoms with E-state index in [1.54, 1.807) is 24.3 Å². The first-order valence-electron chi connectivity index (χ1n) is 11.5. The second-order valence-electron chi connectivity index (χ2n) is 9.67. The molecule has 0 spiro atoms. The van der Waals surface area contributed by atoms with Gasteiger partial charge in [0.05, 0.1) is 29.6 Å². The quantitative estimate of drug-likeness (QED) is 0.573. The summed E-state index contributed by atoms with van der Waals surface area (Å²) in [4.78, 5) is 11.4. The van der Waals surface area contributed by atoms with Crippen molar-refractivity contribution in [2.75, 3.05) is 0 Å². The molecule has 1 fully saturated rings. The molecule has 2 aromatic carbocycles. The highest BCUT2D eigenvalue weighted by Gasteiger charge is 2.54. The summed E-state index contributed by atoms with van der Waals surface area (Å²) in [5, 5.41) is 16.4. The summed E-state index contributed by atoms with van der Waals surface area (Å²) in [5.74, 6) is -1.33. The lowest BCUT2D eigenvalue weighted by atomic mass is 9.65. The molecular formula is C27H27F2N3O2. The molecule has 5 rings (SSSR count). The summed E-state index contributed by atoms with van der Waals surface area (Å²) in [5.41, 5.74) is 8.79. The van der Waals surface area contributed by atoms with Gasteiger partial charge in [0.15, 0.2) is 0 Å². The van der Waals surface area contributed by atoms with Crippen LogP contribution in [0.4, 0.5) is 8.78 Å². The number of hydrogen-bond donors (Lipinski definition) is 2. The Morgan fingerprint density at radius 3 is 2.71 bits per heavy atom. The number of amides is 1. The Balaban J connectivity index is 1.42. The smallest absolute Gasteiger partial charge is 0.221 e. The molecule has 1 amide bonds. The second kappa shape index (κ2) is 8.17. The molecule has 7 heteroatoms. The number of benzene rings is 2. The molecule has 0 saturated heterocycles. The number of carbonyl (C=O) groups excluding carboxylic acids is 1. The summed E-state index contributed by atoms with van der Waals surface area (Å²) in [6.07, 6.45) is 6.63. The van der Waals surface area contributed by atoms with E-state index in [0.29, 0.717) is 36.8 Å². The van der Waals surface area contributed by atoms with Gasteiger partial charge < -0.3 is 10.8 Å². The molecule has 176 valence electrons. The number of aliphatic hydroxyl groups is 1. The molecule has 0 aliphatic heterocycles. The maximum absolute atomic E-state index is 14.4. The van der Waals surface area contributed by atoms with Gasteiger partial charge in [-0.15, -0.1) is 0 Å². The lowest BCUT2D eigenvalue weighted by Gasteiger charge is -2.42. The zero-order chi connectivity index (χ0) is 24.1. The van der Waals surface area contributed by atoms with Gasteiger partial charge >= 0.3 is 0 Å². The third-order valence-electron chi connectivity index (χ3n) is 7.73. The molecule has 1 heterocycles. The molecule has 3 N–H and O–H groups in total. The normalized spacial score (nSPS) is 23.4. The van der Waals surface area contributed by atoms with Crippen LogP contribution < -0.4 is 5.73 Å². The van der Waals surface area contributed by atoms with Gasteiger partial charge in [0.25, 0.3) is 0 Å². The molecule has 2 aliphatic rings. The van der Waals surface area contributed by atoms with E-state index < -0.39 is 22.7 Å². The van der Waals surface area contributed by atoms with E-state index in [2.05, 4.69) is 18.1 Å². The molecule has 5 nitrogen and oxygen atoms in total. The van der Waals surface area contributed by atoms with Crippen LogP contribution in [0.1, 0.15) is 48.6 Å². The zero-order valence-electron chi connectivity index (χ0n) is 19.0. The number of nitrogens with two attached hydrogens (primary N) is 1. The van der Waals surface area contributed by atoms with Crippen molar-refractivity contribution >= 4 is 12.0 Å². The van der Waals surface area contributed by atoms with E-state index in [9.17, 15) is 18.7 Å². The SMILES string of the molecule is C[C@]12Cc3cnn(-c4ccc(F)cc4)c3C=C1CC[C@@]2(O)CCc1cccc(F)c1CC(N)=O. The fraction of sp³-hybridized carbons (Fsp3) is 0.333. The Morgan fingerprint density at radius 2 is 1.97 bits per heavy atom. The standard InChI is InChI=1S/C27H27F2N3O2/c1-26-15-18-16-31-32(21-7-5-20(28)6-8-21)24(18)13-19(26)10-12-27(26,34)11-9-17-3-2-4-23(29)22(17)14-25(30)33/h2-8,13,16,34H,9-12,14-15H2,1H3,(H2,30,33)/t26-,27-/m0/s1. The zero-order valence-corrected chi connectivity index (χ0v) is 19.0. The minimum atomic E-state index is -0.981. The highest BCUT2D eigenvalue weighted by molar-refractivity contribution is 5.77. The van der Waals surface area contributed by atoms with Crippen LogP contribution in [-0.4, -0.2) is 26.4 Å². The Morgan fingerprint density at radius 1 is 1.21 bits per heavy atom. The highest BCUT2D eigenvalue weighted by atomic mass is 19.1. The van der Waals surface area contributed by atoms with Crippen molar-refractivity contribution in [3.8, 4) is 5.69 Å². The van der Waals surface area contributed by atoms with Crippen molar-refractivity contribution in [3.63, 3.8) is 0 Å². The van der Waals surface area contributed by atoms with Crippen LogP contribution in [-0.2, 0) is 24.1 Å². The van der Waals surface area contributed by atoms with Crippen molar-refractivity contribution < 1.29 is 18.7 Å². The topological polar surface area (TPSA) is 81.1 Å². The van der Waals surface area contributed by atoms with Crippen LogP contribution in [0, 0.1) is 17.0 Å². The molecule has 2 aliphatic carbocycles. The van der Waals surface area contributed by atoms with Crippen LogP contribution in [0.3, 0.4) is 0 Å². The molecule has 1 aromatic heterocycles. The molecule has 0 unspecified atom stereocenters. The van der Waals surface area contributed by atoms with Gasteiger partial charge in [-0.2, -0.15) is 5.10 Å². The van der Waals surface area contributed by atoms with Crippen molar-refractivity contribution in [1.82, 2.24) is 9.78 Å². The highest BCUT2D eigenvalue weighted by Crippen LogP contribution is 2.56. The van der Waals surface area contributed by atoms with Crippen LogP contribution in [0.5, 0.6) is 0 Å². The number of halogens is 2. The first kappa shape index (κ1) is 22.5. The van der Waals surface area contributed by atoms with Crippen LogP contribution in [0.25, 0.3) is 11.8 Å². The van der Waals surface area contributed by atoms with E-state index in [4.69, 9.17) is 5.73 Å². The van der Waals surface area contributed by atoms with Crippen molar-refractivity contribution in [2.45, 2.75) is 51.0 Å². The number of rotatable bonds is 6. The van der Waals surface area contributed by atoms with Crippen molar-refractivity contribution in [2.24, 2.45) is 11.1 Å². The summed E-state index contributed by atoms with van der Waals surface area (Å²) in [7, 11) is 0. The van der Waals surface area contributed by atoms with Gasteiger partial charge in [0, 0.05) is 11.0 Å². The minimum absolute atomic E-state index is 0.158. The maximum Gasteiger partial charge on any atom is 0.221 e. The van der Waals surface area contributed by atoms with Gasteiger partial charge in [0.1, 0.15) is 11.6 Å². The van der Waals surface area contributed by atoms with E-state index >= 15 is 0 Å². The van der Waals surface area contributed by atoms with E-state index in [0.717, 1.165) is 28.9 Å². The number of hydrogen-bond acceptors (Lipinski definition) is 3. The van der Waals surface area contributed by atoms with Crippen LogP contribution in [0.2, 0.25) is 0 Å². The van der Waals surface area contributed by atoms with E-state index in [-0.39, 0.29) is 12.2 Å². The summed E-state index contributed by atoms with van der Waals surface area (Å²) in [6.45, 7) is 2.08. The summed E-state index contributed by atoms with van der Waals surface area (Å²) < 4.78 is 29.5. The molecule has 0 radical (unpaired) electrons. The molecule has 0 bridgehead atoms. The monoisotopic (exact) mass is 463 g/mol.